The van der Waals surface area contributed by atoms with E-state index in [1.165, 1.54) is 0 Å². The molecule has 0 radical (unpaired) electrons. The number of amides is 2. The molecule has 1 N–H and O–H groups in total. The minimum absolute atomic E-state index is 0.0270. The molecule has 1 fully saturated rings. The zero-order valence-corrected chi connectivity index (χ0v) is 15.5. The predicted molar refractivity (Wildman–Crippen MR) is 104 cm³/mol. The normalized spacial score (nSPS) is 14.6. The minimum Gasteiger partial charge on any atom is -0.335 e. The lowest BCUT2D eigenvalue weighted by Gasteiger charge is -2.34. The average molecular weight is 362 g/mol. The van der Waals surface area contributed by atoms with Crippen LogP contribution in [0.5, 0.6) is 0 Å². The van der Waals surface area contributed by atoms with Gasteiger partial charge in [0.25, 0.3) is 11.8 Å². The van der Waals surface area contributed by atoms with Crippen molar-refractivity contribution in [3.8, 4) is 0 Å². The van der Waals surface area contributed by atoms with E-state index < -0.39 is 0 Å². The molecule has 0 saturated carbocycles. The Kier molecular flexibility index (Phi) is 4.39. The summed E-state index contributed by atoms with van der Waals surface area (Å²) < 4.78 is 0. The van der Waals surface area contributed by atoms with Crippen molar-refractivity contribution >= 4 is 22.7 Å². The third kappa shape index (κ3) is 3.30. The lowest BCUT2D eigenvalue weighted by molar-refractivity contribution is 0.0533. The van der Waals surface area contributed by atoms with E-state index in [9.17, 15) is 9.59 Å². The maximum atomic E-state index is 12.9. The van der Waals surface area contributed by atoms with Crippen LogP contribution in [-0.4, -0.2) is 58.0 Å². The number of aromatic amines is 1. The van der Waals surface area contributed by atoms with Crippen molar-refractivity contribution in [3.05, 3.63) is 64.8 Å². The summed E-state index contributed by atoms with van der Waals surface area (Å²) in [5, 5.41) is 7.93. The summed E-state index contributed by atoms with van der Waals surface area (Å²) in [6, 6.07) is 13.5. The Morgan fingerprint density at radius 2 is 1.48 bits per heavy atom. The fraction of sp³-hybridized carbons (Fsp3) is 0.286. The van der Waals surface area contributed by atoms with Crippen LogP contribution in [0.3, 0.4) is 0 Å². The molecule has 6 heteroatoms. The van der Waals surface area contributed by atoms with E-state index in [-0.39, 0.29) is 11.8 Å². The van der Waals surface area contributed by atoms with Gasteiger partial charge in [-0.3, -0.25) is 14.7 Å². The predicted octanol–water partition coefficient (Wildman–Crippen LogP) is 2.78. The number of hydrogen-bond donors (Lipinski definition) is 1. The number of aryl methyl sites for hydroxylation is 2. The van der Waals surface area contributed by atoms with Gasteiger partial charge in [-0.15, -0.1) is 0 Å². The smallest absolute Gasteiger partial charge is 0.275 e. The Balaban J connectivity index is 1.45. The first-order chi connectivity index (χ1) is 13.0. The summed E-state index contributed by atoms with van der Waals surface area (Å²) in [6.45, 7) is 6.07. The first-order valence-electron chi connectivity index (χ1n) is 9.13. The molecule has 0 bridgehead atoms. The van der Waals surface area contributed by atoms with Gasteiger partial charge < -0.3 is 9.80 Å². The van der Waals surface area contributed by atoms with E-state index >= 15 is 0 Å². The van der Waals surface area contributed by atoms with Crippen LogP contribution >= 0.6 is 0 Å². The Morgan fingerprint density at radius 1 is 0.889 bits per heavy atom. The van der Waals surface area contributed by atoms with Crippen LogP contribution in [0.25, 0.3) is 10.9 Å². The van der Waals surface area contributed by atoms with Crippen LogP contribution in [0, 0.1) is 13.8 Å². The molecule has 4 rings (SSSR count). The van der Waals surface area contributed by atoms with Crippen molar-refractivity contribution in [1.82, 2.24) is 20.0 Å². The van der Waals surface area contributed by atoms with E-state index in [2.05, 4.69) is 16.3 Å². The average Bonchev–Trinajstić information content (AvgIpc) is 3.10. The van der Waals surface area contributed by atoms with Gasteiger partial charge in [0.2, 0.25) is 0 Å². The first-order valence-corrected chi connectivity index (χ1v) is 9.13. The van der Waals surface area contributed by atoms with Crippen molar-refractivity contribution < 1.29 is 9.59 Å². The Morgan fingerprint density at radius 3 is 2.15 bits per heavy atom. The van der Waals surface area contributed by atoms with Crippen molar-refractivity contribution in [3.63, 3.8) is 0 Å². The second kappa shape index (κ2) is 6.87. The molecular weight excluding hydrogens is 340 g/mol. The highest BCUT2D eigenvalue weighted by molar-refractivity contribution is 6.04. The van der Waals surface area contributed by atoms with Crippen LogP contribution in [0.1, 0.15) is 32.0 Å². The third-order valence-corrected chi connectivity index (χ3v) is 5.00. The molecular formula is C21H22N4O2. The standard InChI is InChI=1S/C21H22N4O2/c1-14-11-15(2)13-16(12-14)20(26)24-7-9-25(10-8-24)21(27)19-17-5-3-4-6-18(17)22-23-19/h3-6,11-13H,7-10H2,1-2H3,(H,22,23). The van der Waals surface area contributed by atoms with Gasteiger partial charge in [-0.25, -0.2) is 0 Å². The van der Waals surface area contributed by atoms with E-state index in [0.717, 1.165) is 22.0 Å². The second-order valence-electron chi connectivity index (χ2n) is 7.08. The summed E-state index contributed by atoms with van der Waals surface area (Å²) in [6.07, 6.45) is 0. The molecule has 2 aromatic carbocycles. The molecule has 0 aliphatic carbocycles. The number of rotatable bonds is 2. The molecule has 0 atom stereocenters. The highest BCUT2D eigenvalue weighted by atomic mass is 16.2. The third-order valence-electron chi connectivity index (χ3n) is 5.00. The second-order valence-corrected chi connectivity index (χ2v) is 7.08. The lowest BCUT2D eigenvalue weighted by atomic mass is 10.1. The SMILES string of the molecule is Cc1cc(C)cc(C(=O)N2CCN(C(=O)c3n[nH]c4ccccc34)CC2)c1. The molecule has 1 aliphatic heterocycles. The fourth-order valence-electron chi connectivity index (χ4n) is 3.67. The number of fused-ring (bicyclic) bond motifs is 1. The number of hydrogen-bond acceptors (Lipinski definition) is 3. The van der Waals surface area contributed by atoms with Crippen LogP contribution in [0.2, 0.25) is 0 Å². The van der Waals surface area contributed by atoms with Gasteiger partial charge in [0.1, 0.15) is 0 Å². The molecule has 6 nitrogen and oxygen atoms in total. The fourth-order valence-corrected chi connectivity index (χ4v) is 3.67. The van der Waals surface area contributed by atoms with Gasteiger partial charge in [-0.2, -0.15) is 5.10 Å². The Labute approximate surface area is 157 Å². The van der Waals surface area contributed by atoms with Crippen LogP contribution < -0.4 is 0 Å². The van der Waals surface area contributed by atoms with Gasteiger partial charge in [0.05, 0.1) is 5.52 Å². The largest absolute Gasteiger partial charge is 0.335 e. The first kappa shape index (κ1) is 17.3. The molecule has 138 valence electrons. The van der Waals surface area contributed by atoms with Crippen LogP contribution in [0.4, 0.5) is 0 Å². The topological polar surface area (TPSA) is 69.3 Å². The zero-order chi connectivity index (χ0) is 19.0. The number of nitrogens with one attached hydrogen (secondary N) is 1. The molecule has 0 spiro atoms. The van der Waals surface area contributed by atoms with Crippen LogP contribution in [-0.2, 0) is 0 Å². The van der Waals surface area contributed by atoms with Crippen LogP contribution in [0.15, 0.2) is 42.5 Å². The molecule has 0 unspecified atom stereocenters. The lowest BCUT2D eigenvalue weighted by Crippen LogP contribution is -2.50. The zero-order valence-electron chi connectivity index (χ0n) is 15.5. The Hall–Kier alpha value is -3.15. The van der Waals surface area contributed by atoms with Crippen molar-refractivity contribution in [2.75, 3.05) is 26.2 Å². The molecule has 3 aromatic rings. The summed E-state index contributed by atoms with van der Waals surface area (Å²) in [5.74, 6) is -0.0648. The van der Waals surface area contributed by atoms with Gasteiger partial charge in [0, 0.05) is 37.1 Å². The minimum atomic E-state index is -0.0917. The summed E-state index contributed by atoms with van der Waals surface area (Å²) >= 11 is 0. The van der Waals surface area contributed by atoms with Crippen molar-refractivity contribution in [2.45, 2.75) is 13.8 Å². The number of benzene rings is 2. The monoisotopic (exact) mass is 362 g/mol. The molecule has 2 amide bonds. The quantitative estimate of drug-likeness (QED) is 0.762. The van der Waals surface area contributed by atoms with Gasteiger partial charge in [-0.1, -0.05) is 35.4 Å². The van der Waals surface area contributed by atoms with Crippen molar-refractivity contribution in [1.29, 1.82) is 0 Å². The van der Waals surface area contributed by atoms with E-state index in [1.54, 1.807) is 4.90 Å². The summed E-state index contributed by atoms with van der Waals surface area (Å²) in [7, 11) is 0. The molecule has 1 aliphatic rings. The number of carbonyl (C=O) groups excluding carboxylic acids is 2. The number of piperazine rings is 1. The summed E-state index contributed by atoms with van der Waals surface area (Å²) in [4.78, 5) is 29.2. The number of nitrogens with zero attached hydrogens (tertiary/aromatic N) is 3. The Bertz CT molecular complexity index is 996. The number of H-pyrrole nitrogens is 1. The van der Waals surface area contributed by atoms with Crippen molar-refractivity contribution in [2.24, 2.45) is 0 Å². The van der Waals surface area contributed by atoms with E-state index in [1.807, 2.05) is 55.1 Å². The van der Waals surface area contributed by atoms with E-state index in [0.29, 0.717) is 37.4 Å². The highest BCUT2D eigenvalue weighted by Gasteiger charge is 2.27. The van der Waals surface area contributed by atoms with Gasteiger partial charge >= 0.3 is 0 Å². The molecule has 2 heterocycles. The number of carbonyl (C=O) groups is 2. The van der Waals surface area contributed by atoms with E-state index in [4.69, 9.17) is 0 Å². The maximum absolute atomic E-state index is 12.9. The highest BCUT2D eigenvalue weighted by Crippen LogP contribution is 2.18. The number of para-hydroxylation sites is 1. The van der Waals surface area contributed by atoms with Gasteiger partial charge in [0.15, 0.2) is 5.69 Å². The maximum Gasteiger partial charge on any atom is 0.275 e. The molecule has 1 saturated heterocycles. The molecule has 27 heavy (non-hydrogen) atoms. The summed E-state index contributed by atoms with van der Waals surface area (Å²) in [5.41, 5.74) is 4.17. The van der Waals surface area contributed by atoms with Gasteiger partial charge in [-0.05, 0) is 32.0 Å². The number of aromatic nitrogens is 2. The molecule has 1 aromatic heterocycles.